The van der Waals surface area contributed by atoms with Gasteiger partial charge in [-0.1, -0.05) is 29.8 Å². The lowest BCUT2D eigenvalue weighted by Crippen LogP contribution is -2.46. The van der Waals surface area contributed by atoms with E-state index in [0.717, 1.165) is 48.1 Å². The van der Waals surface area contributed by atoms with Crippen molar-refractivity contribution in [3.8, 4) is 16.9 Å². The predicted molar refractivity (Wildman–Crippen MR) is 187 cm³/mol. The van der Waals surface area contributed by atoms with Crippen molar-refractivity contribution in [2.75, 3.05) is 19.7 Å². The molecule has 2 heterocycles. The number of piperidine rings is 1. The molecule has 0 bridgehead atoms. The Morgan fingerprint density at radius 2 is 1.67 bits per heavy atom. The van der Waals surface area contributed by atoms with Gasteiger partial charge in [0.15, 0.2) is 0 Å². The van der Waals surface area contributed by atoms with E-state index in [0.29, 0.717) is 10.6 Å². The van der Waals surface area contributed by atoms with E-state index >= 15 is 0 Å². The average Bonchev–Trinajstić information content (AvgIpc) is 4.10. The third-order valence-electron chi connectivity index (χ3n) is 10.1. The Bertz CT molecular complexity index is 1790. The first-order valence-corrected chi connectivity index (χ1v) is 19.2. The van der Waals surface area contributed by atoms with Crippen molar-refractivity contribution in [1.29, 1.82) is 0 Å². The summed E-state index contributed by atoms with van der Waals surface area (Å²) in [6, 6.07) is 14.5. The van der Waals surface area contributed by atoms with Gasteiger partial charge < -0.3 is 35.0 Å². The summed E-state index contributed by atoms with van der Waals surface area (Å²) >= 11 is 6.57. The molecule has 3 fully saturated rings. The van der Waals surface area contributed by atoms with E-state index in [1.54, 1.807) is 18.3 Å². The summed E-state index contributed by atoms with van der Waals surface area (Å²) in [6.45, 7) is -0.461. The first-order valence-electron chi connectivity index (χ1n) is 17.4. The summed E-state index contributed by atoms with van der Waals surface area (Å²) in [7, 11) is -3.91. The van der Waals surface area contributed by atoms with Gasteiger partial charge in [-0.15, -0.1) is 0 Å². The molecule has 2 aromatic carbocycles. The van der Waals surface area contributed by atoms with Crippen LogP contribution in [0.5, 0.6) is 5.75 Å². The van der Waals surface area contributed by atoms with Gasteiger partial charge in [0.1, 0.15) is 29.8 Å². The van der Waals surface area contributed by atoms with Crippen LogP contribution >= 0.6 is 11.6 Å². The van der Waals surface area contributed by atoms with Crippen molar-refractivity contribution in [3.63, 3.8) is 0 Å². The number of ether oxygens (including phenoxy) is 2. The number of rotatable bonds is 17. The average molecular weight is 745 g/mol. The fourth-order valence-electron chi connectivity index (χ4n) is 6.59. The quantitative estimate of drug-likeness (QED) is 0.137. The van der Waals surface area contributed by atoms with Crippen LogP contribution in [0.25, 0.3) is 11.1 Å². The molecule has 0 unspecified atom stereocenters. The number of Topliss-reactive ketones (excluding diaryl/α,β-unsaturated/α-hetero) is 1. The Kier molecular flexibility index (Phi) is 11.8. The van der Waals surface area contributed by atoms with Crippen molar-refractivity contribution in [2.45, 2.75) is 99.0 Å². The number of sulfonamides is 1. The van der Waals surface area contributed by atoms with Gasteiger partial charge in [0, 0.05) is 54.0 Å². The molecule has 5 N–H and O–H groups in total. The number of para-hydroxylation sites is 1. The Morgan fingerprint density at radius 3 is 2.35 bits per heavy atom. The van der Waals surface area contributed by atoms with Gasteiger partial charge in [-0.2, -0.15) is 4.31 Å². The van der Waals surface area contributed by atoms with Crippen molar-refractivity contribution in [3.05, 3.63) is 77.1 Å². The van der Waals surface area contributed by atoms with Crippen molar-refractivity contribution < 1.29 is 48.2 Å². The third-order valence-corrected chi connectivity index (χ3v) is 12.4. The zero-order valence-electron chi connectivity index (χ0n) is 28.2. The first-order chi connectivity index (χ1) is 24.4. The minimum absolute atomic E-state index is 0.0778. The highest BCUT2D eigenvalue weighted by Gasteiger charge is 2.48. The highest BCUT2D eigenvalue weighted by atomic mass is 35.5. The number of aliphatic hydroxyl groups is 5. The second-order valence-corrected chi connectivity index (χ2v) is 16.1. The molecule has 1 aromatic heterocycles. The van der Waals surface area contributed by atoms with E-state index in [4.69, 9.17) is 26.2 Å². The molecule has 1 aliphatic heterocycles. The van der Waals surface area contributed by atoms with Gasteiger partial charge >= 0.3 is 0 Å². The number of hydrogen-bond acceptors (Lipinski definition) is 11. The maximum atomic E-state index is 13.7. The van der Waals surface area contributed by atoms with E-state index < -0.39 is 52.6 Å². The SMILES string of the molecule is O=C(CC[C@H](O)[C@@H](O)[C@H](O)[C@H](O)CO)C1CCN(S(=O)(=O)c2ccc(Cl)c(COC3(c4cnccc4-c4ccccc4OC4CC4)CC3)c2)CC1. The zero-order valence-corrected chi connectivity index (χ0v) is 29.8. The lowest BCUT2D eigenvalue weighted by atomic mass is 9.89. The number of halogens is 1. The monoisotopic (exact) mass is 744 g/mol. The van der Waals surface area contributed by atoms with Gasteiger partial charge in [-0.05, 0) is 86.4 Å². The molecule has 1 saturated heterocycles. The molecule has 2 saturated carbocycles. The predicted octanol–water partition coefficient (Wildman–Crippen LogP) is 3.34. The number of hydrogen-bond donors (Lipinski definition) is 5. The van der Waals surface area contributed by atoms with Gasteiger partial charge in [0.05, 0.1) is 35.9 Å². The Balaban J connectivity index is 1.07. The fourth-order valence-corrected chi connectivity index (χ4v) is 8.28. The minimum atomic E-state index is -3.91. The van der Waals surface area contributed by atoms with E-state index in [9.17, 15) is 33.6 Å². The van der Waals surface area contributed by atoms with E-state index in [1.807, 2.05) is 36.5 Å². The second-order valence-electron chi connectivity index (χ2n) is 13.8. The number of benzene rings is 2. The fraction of sp³-hybridized carbons (Fsp3) is 0.514. The molecule has 0 amide bonds. The number of pyridine rings is 1. The van der Waals surface area contributed by atoms with Crippen LogP contribution in [0, 0.1) is 5.92 Å². The molecule has 276 valence electrons. The van der Waals surface area contributed by atoms with Crippen LogP contribution in [0.4, 0.5) is 0 Å². The molecule has 4 atom stereocenters. The number of carbonyl (C=O) groups is 1. The standard InChI is InChI=1S/C37H45ClN2O10S/c38-30-8-7-26(51(47,48)40-17-12-23(13-18-40)31(42)9-10-32(43)35(45)36(46)33(44)21-41)19-24(30)22-49-37(14-15-37)29-20-39-16-11-27(29)28-3-1-2-4-34(28)50-25-5-6-25/h1-4,7-8,11,16,19-20,23,25,32-33,35-36,41,43-46H,5-6,9-10,12-15,17-18,21-22H2/t32-,33+,35+,36+/m0/s1. The van der Waals surface area contributed by atoms with Crippen LogP contribution in [0.1, 0.15) is 62.5 Å². The molecule has 3 aromatic rings. The van der Waals surface area contributed by atoms with Crippen molar-refractivity contribution >= 4 is 27.4 Å². The lowest BCUT2D eigenvalue weighted by molar-refractivity contribution is -0.128. The summed E-state index contributed by atoms with van der Waals surface area (Å²) in [5.74, 6) is 0.206. The van der Waals surface area contributed by atoms with Gasteiger partial charge in [0.25, 0.3) is 0 Å². The molecule has 51 heavy (non-hydrogen) atoms. The molecular formula is C37H45ClN2O10S. The van der Waals surface area contributed by atoms with E-state index in [-0.39, 0.29) is 62.2 Å². The molecule has 14 heteroatoms. The summed E-state index contributed by atoms with van der Waals surface area (Å²) in [5, 5.41) is 48.8. The van der Waals surface area contributed by atoms with Crippen LogP contribution in [0.3, 0.4) is 0 Å². The molecule has 12 nitrogen and oxygen atoms in total. The maximum absolute atomic E-state index is 13.7. The van der Waals surface area contributed by atoms with E-state index in [1.165, 1.54) is 10.4 Å². The largest absolute Gasteiger partial charge is 0.490 e. The van der Waals surface area contributed by atoms with Crippen molar-refractivity contribution in [2.24, 2.45) is 5.92 Å². The van der Waals surface area contributed by atoms with Gasteiger partial charge in [0.2, 0.25) is 10.0 Å². The topological polar surface area (TPSA) is 187 Å². The summed E-state index contributed by atoms with van der Waals surface area (Å²) in [6.07, 6.45) is 1.16. The summed E-state index contributed by atoms with van der Waals surface area (Å²) < 4.78 is 41.5. The molecule has 3 aliphatic rings. The number of aliphatic hydroxyl groups excluding tert-OH is 5. The molecule has 0 spiro atoms. The van der Waals surface area contributed by atoms with Crippen LogP contribution in [-0.4, -0.2) is 99.2 Å². The number of aromatic nitrogens is 1. The van der Waals surface area contributed by atoms with Gasteiger partial charge in [-0.25, -0.2) is 8.42 Å². The van der Waals surface area contributed by atoms with E-state index in [2.05, 4.69) is 4.98 Å². The smallest absolute Gasteiger partial charge is 0.243 e. The Labute approximate surface area is 302 Å². The number of nitrogens with zero attached hydrogens (tertiary/aromatic N) is 2. The summed E-state index contributed by atoms with van der Waals surface area (Å²) in [5.41, 5.74) is 2.83. The highest BCUT2D eigenvalue weighted by molar-refractivity contribution is 7.89. The van der Waals surface area contributed by atoms with Crippen LogP contribution in [0.2, 0.25) is 5.02 Å². The van der Waals surface area contributed by atoms with Crippen LogP contribution in [-0.2, 0) is 31.8 Å². The second kappa shape index (κ2) is 15.9. The van der Waals surface area contributed by atoms with Crippen LogP contribution < -0.4 is 4.74 Å². The highest BCUT2D eigenvalue weighted by Crippen LogP contribution is 2.53. The minimum Gasteiger partial charge on any atom is -0.490 e. The molecular weight excluding hydrogens is 700 g/mol. The Morgan fingerprint density at radius 1 is 0.961 bits per heavy atom. The van der Waals surface area contributed by atoms with Crippen LogP contribution in [0.15, 0.2) is 65.8 Å². The lowest BCUT2D eigenvalue weighted by Gasteiger charge is -2.31. The molecule has 0 radical (unpaired) electrons. The third kappa shape index (κ3) is 8.64. The normalized spacial score (nSPS) is 20.4. The molecule has 6 rings (SSSR count). The zero-order chi connectivity index (χ0) is 36.3. The molecule has 2 aliphatic carbocycles. The van der Waals surface area contributed by atoms with Crippen molar-refractivity contribution in [1.82, 2.24) is 9.29 Å². The maximum Gasteiger partial charge on any atom is 0.243 e. The first kappa shape index (κ1) is 37.8. The Hall–Kier alpha value is -2.98. The number of carbonyl (C=O) groups excluding carboxylic acids is 1. The number of ketones is 1. The summed E-state index contributed by atoms with van der Waals surface area (Å²) in [4.78, 5) is 17.4. The van der Waals surface area contributed by atoms with Gasteiger partial charge in [-0.3, -0.25) is 9.78 Å².